The van der Waals surface area contributed by atoms with Crippen molar-refractivity contribution < 1.29 is 0 Å². The molecule has 0 aromatic carbocycles. The smallest absolute Gasteiger partial charge is 0.225 e. The maximum Gasteiger partial charge on any atom is 0.225 e. The first-order valence-corrected chi connectivity index (χ1v) is 10.9. The summed E-state index contributed by atoms with van der Waals surface area (Å²) in [6, 6.07) is 1.46. The van der Waals surface area contributed by atoms with Crippen molar-refractivity contribution in [2.24, 2.45) is 0 Å². The average Bonchev–Trinajstić information content (AvgIpc) is 3.36. The van der Waals surface area contributed by atoms with Crippen LogP contribution in [0.5, 0.6) is 0 Å². The van der Waals surface area contributed by atoms with Gasteiger partial charge < -0.3 is 4.90 Å². The first-order chi connectivity index (χ1) is 13.5. The molecule has 150 valence electrons. The van der Waals surface area contributed by atoms with E-state index in [9.17, 15) is 0 Å². The Balaban J connectivity index is 1.42. The van der Waals surface area contributed by atoms with Crippen molar-refractivity contribution in [3.63, 3.8) is 0 Å². The van der Waals surface area contributed by atoms with Gasteiger partial charge in [0.2, 0.25) is 5.95 Å². The molecule has 28 heavy (non-hydrogen) atoms. The molecule has 0 unspecified atom stereocenters. The molecule has 5 rings (SSSR count). The first-order valence-electron chi connectivity index (χ1n) is 10.9. The van der Waals surface area contributed by atoms with E-state index in [1.807, 2.05) is 0 Å². The molecule has 0 aliphatic carbocycles. The van der Waals surface area contributed by atoms with Gasteiger partial charge >= 0.3 is 0 Å². The van der Waals surface area contributed by atoms with Crippen molar-refractivity contribution in [2.45, 2.75) is 84.5 Å². The van der Waals surface area contributed by atoms with Gasteiger partial charge in [-0.05, 0) is 53.4 Å². The molecular weight excluding hydrogens is 348 g/mol. The molecule has 3 aliphatic rings. The molecule has 3 aliphatic heterocycles. The molecule has 0 radical (unpaired) electrons. The largest absolute Gasteiger partial charge is 0.341 e. The van der Waals surface area contributed by atoms with E-state index in [2.05, 4.69) is 48.4 Å². The Morgan fingerprint density at radius 1 is 1.14 bits per heavy atom. The predicted octanol–water partition coefficient (Wildman–Crippen LogP) is 3.73. The number of aryl methyl sites for hydroxylation is 1. The van der Waals surface area contributed by atoms with Gasteiger partial charge in [-0.25, -0.2) is 9.97 Å². The van der Waals surface area contributed by atoms with Crippen LogP contribution in [-0.2, 0) is 13.0 Å². The zero-order chi connectivity index (χ0) is 19.4. The third-order valence-electron chi connectivity index (χ3n) is 7.01. The molecule has 2 aromatic rings. The second-order valence-corrected chi connectivity index (χ2v) is 9.08. The molecule has 2 atom stereocenters. The van der Waals surface area contributed by atoms with Crippen LogP contribution in [-0.4, -0.2) is 43.8 Å². The molecule has 2 fully saturated rings. The lowest BCUT2D eigenvalue weighted by Gasteiger charge is -2.36. The van der Waals surface area contributed by atoms with Gasteiger partial charge in [0.15, 0.2) is 0 Å². The summed E-state index contributed by atoms with van der Waals surface area (Å²) in [4.78, 5) is 14.8. The zero-order valence-corrected chi connectivity index (χ0v) is 17.6. The van der Waals surface area contributed by atoms with Crippen molar-refractivity contribution >= 4 is 5.95 Å². The number of rotatable bonds is 4. The van der Waals surface area contributed by atoms with E-state index >= 15 is 0 Å². The molecule has 0 spiro atoms. The molecule has 0 saturated carbocycles. The molecule has 2 aromatic heterocycles. The summed E-state index contributed by atoms with van der Waals surface area (Å²) in [5, 5.41) is 4.81. The van der Waals surface area contributed by atoms with Gasteiger partial charge in [-0.15, -0.1) is 0 Å². The number of anilines is 1. The fourth-order valence-corrected chi connectivity index (χ4v) is 5.49. The van der Waals surface area contributed by atoms with Crippen LogP contribution in [0.3, 0.4) is 0 Å². The molecule has 6 heteroatoms. The molecule has 2 bridgehead atoms. The van der Waals surface area contributed by atoms with Crippen LogP contribution in [0.25, 0.3) is 0 Å². The third-order valence-corrected chi connectivity index (χ3v) is 7.01. The Labute approximate surface area is 168 Å². The van der Waals surface area contributed by atoms with E-state index in [0.29, 0.717) is 18.1 Å². The van der Waals surface area contributed by atoms with Crippen LogP contribution in [0.4, 0.5) is 5.95 Å². The highest BCUT2D eigenvalue weighted by Gasteiger charge is 2.41. The summed E-state index contributed by atoms with van der Waals surface area (Å²) in [5.74, 6) is 0.953. The van der Waals surface area contributed by atoms with Crippen molar-refractivity contribution in [3.8, 4) is 0 Å². The minimum Gasteiger partial charge on any atom is -0.341 e. The van der Waals surface area contributed by atoms with Gasteiger partial charge in [-0.2, -0.15) is 5.10 Å². The number of hydrogen-bond acceptors (Lipinski definition) is 5. The molecule has 0 N–H and O–H groups in total. The summed E-state index contributed by atoms with van der Waals surface area (Å²) >= 11 is 0. The lowest BCUT2D eigenvalue weighted by molar-refractivity contribution is 0.165. The third kappa shape index (κ3) is 2.84. The summed E-state index contributed by atoms with van der Waals surface area (Å²) in [7, 11) is 0. The van der Waals surface area contributed by atoms with E-state index in [1.54, 1.807) is 0 Å². The standard InChI is InChI=1S/C22H32N6/c1-14(2)28-16(4)19(15(3)25-28)13-27-17-7-8-21(27)18-12-23-22(24-20(18)11-17)26-9-5-6-10-26/h12,14,17,21H,5-11,13H2,1-4H3/t17-,21-/m1/s1. The van der Waals surface area contributed by atoms with Crippen LogP contribution in [0.15, 0.2) is 6.20 Å². The maximum absolute atomic E-state index is 5.01. The maximum atomic E-state index is 5.01. The minimum absolute atomic E-state index is 0.406. The Morgan fingerprint density at radius 2 is 1.93 bits per heavy atom. The second-order valence-electron chi connectivity index (χ2n) is 9.08. The summed E-state index contributed by atoms with van der Waals surface area (Å²) in [6.45, 7) is 12.0. The van der Waals surface area contributed by atoms with Gasteiger partial charge in [0.25, 0.3) is 0 Å². The van der Waals surface area contributed by atoms with Gasteiger partial charge in [-0.1, -0.05) is 0 Å². The van der Waals surface area contributed by atoms with Crippen LogP contribution in [0, 0.1) is 13.8 Å². The van der Waals surface area contributed by atoms with Crippen molar-refractivity contribution in [2.75, 3.05) is 18.0 Å². The number of nitrogens with zero attached hydrogens (tertiary/aromatic N) is 6. The van der Waals surface area contributed by atoms with E-state index in [1.165, 1.54) is 53.9 Å². The SMILES string of the molecule is Cc1nn(C(C)C)c(C)c1CN1[C@@H]2CC[C@@H]1c1cnc(N3CCCC3)nc1C2. The molecule has 0 amide bonds. The monoisotopic (exact) mass is 380 g/mol. The quantitative estimate of drug-likeness (QED) is 0.809. The highest BCUT2D eigenvalue weighted by atomic mass is 15.3. The van der Waals surface area contributed by atoms with Crippen molar-refractivity contribution in [1.82, 2.24) is 24.6 Å². The first kappa shape index (κ1) is 18.1. The van der Waals surface area contributed by atoms with Crippen molar-refractivity contribution in [1.29, 1.82) is 0 Å². The average molecular weight is 381 g/mol. The summed E-state index contributed by atoms with van der Waals surface area (Å²) in [5.41, 5.74) is 6.56. The Morgan fingerprint density at radius 3 is 2.64 bits per heavy atom. The Bertz CT molecular complexity index is 879. The second kappa shape index (κ2) is 6.83. The van der Waals surface area contributed by atoms with Gasteiger partial charge in [0.1, 0.15) is 0 Å². The number of hydrogen-bond donors (Lipinski definition) is 0. The fourth-order valence-electron chi connectivity index (χ4n) is 5.49. The lowest BCUT2D eigenvalue weighted by Crippen LogP contribution is -2.38. The van der Waals surface area contributed by atoms with Gasteiger partial charge in [0.05, 0.1) is 11.4 Å². The van der Waals surface area contributed by atoms with Crippen LogP contribution < -0.4 is 4.90 Å². The van der Waals surface area contributed by atoms with E-state index in [4.69, 9.17) is 15.1 Å². The highest BCUT2D eigenvalue weighted by molar-refractivity contribution is 5.38. The normalized spacial score (nSPS) is 24.4. The summed E-state index contributed by atoms with van der Waals surface area (Å²) in [6.07, 6.45) is 8.21. The fraction of sp³-hybridized carbons (Fsp3) is 0.682. The topological polar surface area (TPSA) is 50.1 Å². The van der Waals surface area contributed by atoms with Gasteiger partial charge in [0, 0.05) is 67.2 Å². The van der Waals surface area contributed by atoms with E-state index in [0.717, 1.165) is 32.0 Å². The molecule has 2 saturated heterocycles. The van der Waals surface area contributed by atoms with Crippen LogP contribution in [0.2, 0.25) is 0 Å². The van der Waals surface area contributed by atoms with Crippen molar-refractivity contribution in [3.05, 3.63) is 34.4 Å². The van der Waals surface area contributed by atoms with Crippen LogP contribution in [0.1, 0.15) is 79.8 Å². The summed E-state index contributed by atoms with van der Waals surface area (Å²) < 4.78 is 2.18. The zero-order valence-electron chi connectivity index (χ0n) is 17.6. The lowest BCUT2D eigenvalue weighted by atomic mass is 9.98. The highest BCUT2D eigenvalue weighted by Crippen LogP contribution is 2.44. The Hall–Kier alpha value is -1.95. The van der Waals surface area contributed by atoms with Gasteiger partial charge in [-0.3, -0.25) is 9.58 Å². The predicted molar refractivity (Wildman–Crippen MR) is 111 cm³/mol. The minimum atomic E-state index is 0.406. The number of aromatic nitrogens is 4. The van der Waals surface area contributed by atoms with E-state index < -0.39 is 0 Å². The molecule has 6 nitrogen and oxygen atoms in total. The molecular formula is C22H32N6. The number of fused-ring (bicyclic) bond motifs is 4. The molecule has 5 heterocycles. The van der Waals surface area contributed by atoms with E-state index in [-0.39, 0.29) is 0 Å². The Kier molecular flexibility index (Phi) is 4.42. The van der Waals surface area contributed by atoms with Crippen LogP contribution >= 0.6 is 0 Å².